The Hall–Kier alpha value is 0.230. The molecule has 1 unspecified atom stereocenters. The standard InChI is InChI=1S/C12H26N2OS/c1-3-14-7-4-11(5-8-14)13-12(10-15)6-9-16-2/h11-13,15H,3-10H2,1-2H3. The first-order valence-electron chi connectivity index (χ1n) is 6.38. The van der Waals surface area contributed by atoms with E-state index in [2.05, 4.69) is 23.4 Å². The van der Waals surface area contributed by atoms with Crippen LogP contribution in [0, 0.1) is 0 Å². The molecule has 1 heterocycles. The fourth-order valence-corrected chi connectivity index (χ4v) is 2.76. The van der Waals surface area contributed by atoms with E-state index in [0.29, 0.717) is 12.1 Å². The predicted octanol–water partition coefficient (Wildman–Crippen LogP) is 1.17. The SMILES string of the molecule is CCN1CCC(NC(CO)CCSC)CC1. The number of aliphatic hydroxyl groups excluding tert-OH is 1. The van der Waals surface area contributed by atoms with Gasteiger partial charge >= 0.3 is 0 Å². The van der Waals surface area contributed by atoms with Crippen molar-refractivity contribution in [1.82, 2.24) is 10.2 Å². The van der Waals surface area contributed by atoms with Crippen LogP contribution < -0.4 is 5.32 Å². The highest BCUT2D eigenvalue weighted by molar-refractivity contribution is 7.98. The Kier molecular flexibility index (Phi) is 7.45. The normalized spacial score (nSPS) is 21.2. The Morgan fingerprint density at radius 3 is 2.62 bits per heavy atom. The van der Waals surface area contributed by atoms with Gasteiger partial charge in [-0.1, -0.05) is 6.92 Å². The van der Waals surface area contributed by atoms with Crippen LogP contribution in [0.1, 0.15) is 26.2 Å². The van der Waals surface area contributed by atoms with Gasteiger partial charge in [0.25, 0.3) is 0 Å². The van der Waals surface area contributed by atoms with E-state index in [4.69, 9.17) is 0 Å². The molecule has 2 N–H and O–H groups in total. The van der Waals surface area contributed by atoms with Crippen molar-refractivity contribution in [2.75, 3.05) is 38.2 Å². The van der Waals surface area contributed by atoms with E-state index in [-0.39, 0.29) is 6.61 Å². The molecule has 0 saturated carbocycles. The summed E-state index contributed by atoms with van der Waals surface area (Å²) in [6.07, 6.45) is 5.65. The summed E-state index contributed by atoms with van der Waals surface area (Å²) in [7, 11) is 0. The molecule has 1 fully saturated rings. The van der Waals surface area contributed by atoms with E-state index in [1.54, 1.807) is 0 Å². The quantitative estimate of drug-likeness (QED) is 0.707. The molecular formula is C12H26N2OS. The van der Waals surface area contributed by atoms with Crippen molar-refractivity contribution < 1.29 is 5.11 Å². The summed E-state index contributed by atoms with van der Waals surface area (Å²) in [5, 5.41) is 12.9. The average molecular weight is 246 g/mol. The summed E-state index contributed by atoms with van der Waals surface area (Å²) in [5.41, 5.74) is 0. The van der Waals surface area contributed by atoms with Crippen molar-refractivity contribution in [3.63, 3.8) is 0 Å². The van der Waals surface area contributed by atoms with Gasteiger partial charge in [-0.3, -0.25) is 0 Å². The van der Waals surface area contributed by atoms with E-state index in [1.807, 2.05) is 11.8 Å². The van der Waals surface area contributed by atoms with Gasteiger partial charge in [-0.15, -0.1) is 0 Å². The molecule has 1 rings (SSSR count). The van der Waals surface area contributed by atoms with Crippen molar-refractivity contribution in [2.24, 2.45) is 0 Å². The number of likely N-dealkylation sites (tertiary alicyclic amines) is 1. The van der Waals surface area contributed by atoms with Crippen molar-refractivity contribution in [3.8, 4) is 0 Å². The molecule has 96 valence electrons. The second-order valence-electron chi connectivity index (χ2n) is 4.54. The highest BCUT2D eigenvalue weighted by atomic mass is 32.2. The second kappa shape index (κ2) is 8.34. The molecule has 0 aromatic heterocycles. The second-order valence-corrected chi connectivity index (χ2v) is 5.52. The lowest BCUT2D eigenvalue weighted by Crippen LogP contribution is -2.47. The van der Waals surface area contributed by atoms with Gasteiger partial charge in [-0.2, -0.15) is 11.8 Å². The molecule has 1 aliphatic rings. The number of piperidine rings is 1. The lowest BCUT2D eigenvalue weighted by molar-refractivity contribution is 0.175. The van der Waals surface area contributed by atoms with Crippen LogP contribution in [0.2, 0.25) is 0 Å². The van der Waals surface area contributed by atoms with E-state index in [9.17, 15) is 5.11 Å². The first-order chi connectivity index (χ1) is 7.80. The lowest BCUT2D eigenvalue weighted by Gasteiger charge is -2.33. The highest BCUT2D eigenvalue weighted by Gasteiger charge is 2.20. The molecular weight excluding hydrogens is 220 g/mol. The molecule has 0 bridgehead atoms. The number of hydrogen-bond acceptors (Lipinski definition) is 4. The Labute approximate surface area is 104 Å². The minimum Gasteiger partial charge on any atom is -0.395 e. The van der Waals surface area contributed by atoms with Crippen molar-refractivity contribution in [1.29, 1.82) is 0 Å². The zero-order valence-corrected chi connectivity index (χ0v) is 11.4. The third-order valence-corrected chi connectivity index (χ3v) is 4.04. The van der Waals surface area contributed by atoms with Crippen LogP contribution >= 0.6 is 11.8 Å². The Morgan fingerprint density at radius 2 is 2.12 bits per heavy atom. The highest BCUT2D eigenvalue weighted by Crippen LogP contribution is 2.11. The molecule has 0 aromatic rings. The van der Waals surface area contributed by atoms with Gasteiger partial charge < -0.3 is 15.3 Å². The first kappa shape index (κ1) is 14.3. The number of hydrogen-bond donors (Lipinski definition) is 2. The van der Waals surface area contributed by atoms with Crippen LogP contribution in [0.3, 0.4) is 0 Å². The van der Waals surface area contributed by atoms with Gasteiger partial charge in [0, 0.05) is 12.1 Å². The maximum Gasteiger partial charge on any atom is 0.0585 e. The number of nitrogens with one attached hydrogen (secondary N) is 1. The summed E-state index contributed by atoms with van der Waals surface area (Å²) in [5.74, 6) is 1.13. The van der Waals surface area contributed by atoms with Crippen molar-refractivity contribution in [3.05, 3.63) is 0 Å². The molecule has 0 radical (unpaired) electrons. The topological polar surface area (TPSA) is 35.5 Å². The fraction of sp³-hybridized carbons (Fsp3) is 1.00. The van der Waals surface area contributed by atoms with Crippen LogP contribution in [0.4, 0.5) is 0 Å². The van der Waals surface area contributed by atoms with Crippen LogP contribution in [-0.4, -0.2) is 60.3 Å². The number of thioether (sulfide) groups is 1. The third-order valence-electron chi connectivity index (χ3n) is 3.40. The summed E-state index contributed by atoms with van der Waals surface area (Å²) < 4.78 is 0. The minimum absolute atomic E-state index is 0.272. The first-order valence-corrected chi connectivity index (χ1v) is 7.77. The largest absolute Gasteiger partial charge is 0.395 e. The maximum absolute atomic E-state index is 9.30. The fourth-order valence-electron chi connectivity index (χ4n) is 2.24. The van der Waals surface area contributed by atoms with E-state index < -0.39 is 0 Å². The summed E-state index contributed by atoms with van der Waals surface area (Å²) in [6, 6.07) is 0.910. The zero-order valence-electron chi connectivity index (χ0n) is 10.6. The van der Waals surface area contributed by atoms with Gasteiger partial charge in [-0.05, 0) is 50.9 Å². The Balaban J connectivity index is 2.20. The van der Waals surface area contributed by atoms with E-state index in [1.165, 1.54) is 32.5 Å². The molecule has 4 heteroatoms. The van der Waals surface area contributed by atoms with Gasteiger partial charge in [0.1, 0.15) is 0 Å². The monoisotopic (exact) mass is 246 g/mol. The third kappa shape index (κ3) is 5.04. The molecule has 16 heavy (non-hydrogen) atoms. The van der Waals surface area contributed by atoms with Crippen LogP contribution in [0.15, 0.2) is 0 Å². The van der Waals surface area contributed by atoms with Crippen LogP contribution in [0.25, 0.3) is 0 Å². The Bertz CT molecular complexity index is 172. The maximum atomic E-state index is 9.30. The number of nitrogens with zero attached hydrogens (tertiary/aromatic N) is 1. The van der Waals surface area contributed by atoms with Crippen LogP contribution in [-0.2, 0) is 0 Å². The molecule has 1 saturated heterocycles. The molecule has 1 aliphatic heterocycles. The van der Waals surface area contributed by atoms with Gasteiger partial charge in [0.2, 0.25) is 0 Å². The number of aliphatic hydroxyl groups is 1. The smallest absolute Gasteiger partial charge is 0.0585 e. The molecule has 3 nitrogen and oxygen atoms in total. The molecule has 0 amide bonds. The van der Waals surface area contributed by atoms with Crippen molar-refractivity contribution in [2.45, 2.75) is 38.3 Å². The molecule has 1 atom stereocenters. The van der Waals surface area contributed by atoms with E-state index >= 15 is 0 Å². The van der Waals surface area contributed by atoms with Crippen LogP contribution in [0.5, 0.6) is 0 Å². The zero-order chi connectivity index (χ0) is 11.8. The average Bonchev–Trinajstić information content (AvgIpc) is 2.35. The molecule has 0 spiro atoms. The molecule has 0 aromatic carbocycles. The Morgan fingerprint density at radius 1 is 1.44 bits per heavy atom. The summed E-state index contributed by atoms with van der Waals surface area (Å²) in [6.45, 7) is 6.07. The van der Waals surface area contributed by atoms with Gasteiger partial charge in [-0.25, -0.2) is 0 Å². The molecule has 0 aliphatic carbocycles. The van der Waals surface area contributed by atoms with Gasteiger partial charge in [0.05, 0.1) is 6.61 Å². The van der Waals surface area contributed by atoms with Crippen molar-refractivity contribution >= 4 is 11.8 Å². The summed E-state index contributed by atoms with van der Waals surface area (Å²) >= 11 is 1.85. The van der Waals surface area contributed by atoms with E-state index in [0.717, 1.165) is 12.2 Å². The van der Waals surface area contributed by atoms with Gasteiger partial charge in [0.15, 0.2) is 0 Å². The minimum atomic E-state index is 0.272. The number of rotatable bonds is 7. The lowest BCUT2D eigenvalue weighted by atomic mass is 10.0. The predicted molar refractivity (Wildman–Crippen MR) is 72.1 cm³/mol. The summed E-state index contributed by atoms with van der Waals surface area (Å²) in [4.78, 5) is 2.49.